The van der Waals surface area contributed by atoms with Crippen LogP contribution in [0.2, 0.25) is 5.02 Å². The fraction of sp³-hybridized carbons (Fsp3) is 0.625. The number of nitrogens with zero attached hydrogens (tertiary/aromatic N) is 1. The molecule has 0 bridgehead atoms. The van der Waals surface area contributed by atoms with E-state index in [1.165, 1.54) is 12.2 Å². The normalized spacial score (nSPS) is 25.1. The number of benzene rings is 1. The Labute approximate surface area is 224 Å². The molecule has 0 radical (unpaired) electrons. The van der Waals surface area contributed by atoms with Crippen LogP contribution in [0.15, 0.2) is 29.4 Å². The molecule has 0 aromatic heterocycles. The largest absolute Gasteiger partial charge is 1.00 e. The minimum absolute atomic E-state index is 0. The standard InChI is InChI=1S/C24H32ClNO4S.Na.H/c1-3-5-21(26-29-14-16(2)30-20-9-7-19(25)8-10-20)24-22(27)12-18(13-23(24)28)17-6-4-11-31-15-17;;/h7-10,16-18,24H,3-6,11-15H2,1-2H3;;/q;+1;-1. The van der Waals surface area contributed by atoms with Crippen LogP contribution < -0.4 is 34.3 Å². The Kier molecular flexibility index (Phi) is 12.1. The van der Waals surface area contributed by atoms with E-state index in [0.29, 0.717) is 41.7 Å². The summed E-state index contributed by atoms with van der Waals surface area (Å²) < 4.78 is 5.79. The minimum Gasteiger partial charge on any atom is -1.00 e. The molecule has 1 aliphatic carbocycles. The van der Waals surface area contributed by atoms with Crippen molar-refractivity contribution in [2.24, 2.45) is 22.9 Å². The number of carbonyl (C=O) groups excluding carboxylic acids is 2. The Hall–Kier alpha value is -0.530. The summed E-state index contributed by atoms with van der Waals surface area (Å²) in [6.45, 7) is 4.13. The second kappa shape index (κ2) is 14.0. The third-order valence-electron chi connectivity index (χ3n) is 5.91. The number of Topliss-reactive ketones (excluding diaryl/α,β-unsaturated/α-hetero) is 2. The third kappa shape index (κ3) is 8.05. The topological polar surface area (TPSA) is 65.0 Å². The number of halogens is 1. The molecular formula is C24H33ClNNaO4S. The number of hydrogen-bond donors (Lipinski definition) is 0. The van der Waals surface area contributed by atoms with Gasteiger partial charge in [-0.15, -0.1) is 0 Å². The van der Waals surface area contributed by atoms with Gasteiger partial charge in [0.25, 0.3) is 0 Å². The average molecular weight is 490 g/mol. The van der Waals surface area contributed by atoms with E-state index in [1.807, 2.05) is 25.6 Å². The molecule has 1 aliphatic heterocycles. The van der Waals surface area contributed by atoms with Crippen LogP contribution in [0, 0.1) is 17.8 Å². The molecule has 2 unspecified atom stereocenters. The van der Waals surface area contributed by atoms with Gasteiger partial charge in [0.15, 0.2) is 6.61 Å². The number of rotatable bonds is 9. The first-order valence-electron chi connectivity index (χ1n) is 11.2. The van der Waals surface area contributed by atoms with Crippen LogP contribution in [-0.4, -0.2) is 41.5 Å². The Morgan fingerprint density at radius 3 is 2.50 bits per heavy atom. The number of ketones is 2. The molecule has 5 nitrogen and oxygen atoms in total. The monoisotopic (exact) mass is 489 g/mol. The smallest absolute Gasteiger partial charge is 1.00 e. The van der Waals surface area contributed by atoms with Crippen LogP contribution >= 0.6 is 23.4 Å². The third-order valence-corrected chi connectivity index (χ3v) is 7.41. The molecule has 1 saturated heterocycles. The van der Waals surface area contributed by atoms with Crippen LogP contribution in [0.1, 0.15) is 53.8 Å². The zero-order valence-corrected chi connectivity index (χ0v) is 22.9. The molecule has 2 fully saturated rings. The summed E-state index contributed by atoms with van der Waals surface area (Å²) in [6, 6.07) is 7.12. The molecule has 2 aliphatic rings. The zero-order valence-electron chi connectivity index (χ0n) is 20.3. The Bertz CT molecular complexity index is 771. The van der Waals surface area contributed by atoms with E-state index >= 15 is 0 Å². The summed E-state index contributed by atoms with van der Waals surface area (Å²) in [5.41, 5.74) is 0.563. The van der Waals surface area contributed by atoms with Crippen molar-refractivity contribution in [2.75, 3.05) is 18.1 Å². The number of hydrogen-bond acceptors (Lipinski definition) is 6. The van der Waals surface area contributed by atoms with Gasteiger partial charge in [-0.2, -0.15) is 11.8 Å². The van der Waals surface area contributed by atoms with Gasteiger partial charge in [-0.05, 0) is 73.8 Å². The van der Waals surface area contributed by atoms with E-state index < -0.39 is 5.92 Å². The van der Waals surface area contributed by atoms with Gasteiger partial charge >= 0.3 is 29.6 Å². The predicted molar refractivity (Wildman–Crippen MR) is 127 cm³/mol. The van der Waals surface area contributed by atoms with Crippen molar-refractivity contribution in [3.63, 3.8) is 0 Å². The maximum Gasteiger partial charge on any atom is 1.00 e. The first-order chi connectivity index (χ1) is 15.0. The van der Waals surface area contributed by atoms with Crippen LogP contribution in [0.25, 0.3) is 0 Å². The Morgan fingerprint density at radius 2 is 1.91 bits per heavy atom. The minimum atomic E-state index is -0.736. The van der Waals surface area contributed by atoms with E-state index in [4.69, 9.17) is 21.2 Å². The van der Waals surface area contributed by atoms with Gasteiger partial charge in [-0.1, -0.05) is 30.1 Å². The summed E-state index contributed by atoms with van der Waals surface area (Å²) in [6.07, 6.45) is 4.44. The molecule has 1 heterocycles. The molecule has 2 atom stereocenters. The molecule has 172 valence electrons. The maximum atomic E-state index is 12.9. The Morgan fingerprint density at radius 1 is 1.22 bits per heavy atom. The van der Waals surface area contributed by atoms with Crippen molar-refractivity contribution in [1.29, 1.82) is 0 Å². The molecule has 0 spiro atoms. The predicted octanol–water partition coefficient (Wildman–Crippen LogP) is 2.70. The number of ether oxygens (including phenoxy) is 1. The van der Waals surface area contributed by atoms with Crippen molar-refractivity contribution in [1.82, 2.24) is 0 Å². The summed E-state index contributed by atoms with van der Waals surface area (Å²) in [7, 11) is 0. The van der Waals surface area contributed by atoms with Gasteiger partial charge in [0, 0.05) is 17.9 Å². The molecule has 8 heteroatoms. The maximum absolute atomic E-state index is 12.9. The van der Waals surface area contributed by atoms with Crippen LogP contribution in [0.4, 0.5) is 0 Å². The molecule has 1 aromatic rings. The van der Waals surface area contributed by atoms with E-state index in [9.17, 15) is 9.59 Å². The number of oxime groups is 1. The van der Waals surface area contributed by atoms with Crippen LogP contribution in [-0.2, 0) is 14.4 Å². The van der Waals surface area contributed by atoms with E-state index in [1.54, 1.807) is 24.3 Å². The second-order valence-electron chi connectivity index (χ2n) is 8.52. The van der Waals surface area contributed by atoms with Crippen molar-refractivity contribution < 1.29 is 50.1 Å². The SMILES string of the molecule is CCCC(=NOCC(C)Oc1ccc(Cl)cc1)C1C(=O)CC(C2CCCSC2)CC1=O.[H-].[Na+]. The number of carbonyl (C=O) groups is 2. The van der Waals surface area contributed by atoms with Gasteiger partial charge in [-0.3, -0.25) is 9.59 Å². The van der Waals surface area contributed by atoms with E-state index in [-0.39, 0.29) is 61.2 Å². The van der Waals surface area contributed by atoms with Crippen molar-refractivity contribution in [3.8, 4) is 5.75 Å². The van der Waals surface area contributed by atoms with Gasteiger partial charge in [0.2, 0.25) is 0 Å². The fourth-order valence-corrected chi connectivity index (χ4v) is 5.76. The van der Waals surface area contributed by atoms with Crippen molar-refractivity contribution in [3.05, 3.63) is 29.3 Å². The van der Waals surface area contributed by atoms with Crippen LogP contribution in [0.5, 0.6) is 5.75 Å². The summed E-state index contributed by atoms with van der Waals surface area (Å²) in [4.78, 5) is 31.4. The molecule has 32 heavy (non-hydrogen) atoms. The van der Waals surface area contributed by atoms with Crippen molar-refractivity contribution >= 4 is 40.6 Å². The molecule has 0 amide bonds. The second-order valence-corrected chi connectivity index (χ2v) is 10.1. The summed E-state index contributed by atoms with van der Waals surface area (Å²) in [5, 5.41) is 4.89. The zero-order chi connectivity index (χ0) is 22.2. The molecule has 1 saturated carbocycles. The van der Waals surface area contributed by atoms with Gasteiger partial charge in [-0.25, -0.2) is 0 Å². The van der Waals surface area contributed by atoms with Gasteiger partial charge in [0.05, 0.1) is 5.71 Å². The number of thioether (sulfide) groups is 1. The molecular weight excluding hydrogens is 457 g/mol. The van der Waals surface area contributed by atoms with Gasteiger partial charge in [0.1, 0.15) is 29.3 Å². The van der Waals surface area contributed by atoms with E-state index in [2.05, 4.69) is 5.16 Å². The average Bonchev–Trinajstić information content (AvgIpc) is 2.75. The van der Waals surface area contributed by atoms with E-state index in [0.717, 1.165) is 18.6 Å². The van der Waals surface area contributed by atoms with Crippen molar-refractivity contribution in [2.45, 2.75) is 58.5 Å². The summed E-state index contributed by atoms with van der Waals surface area (Å²) in [5.74, 6) is 2.93. The first kappa shape index (κ1) is 27.7. The van der Waals surface area contributed by atoms with Gasteiger partial charge < -0.3 is 11.0 Å². The van der Waals surface area contributed by atoms with Crippen LogP contribution in [0.3, 0.4) is 0 Å². The first-order valence-corrected chi connectivity index (χ1v) is 12.7. The molecule has 1 aromatic carbocycles. The quantitative estimate of drug-likeness (QED) is 0.231. The fourth-order valence-electron chi connectivity index (χ4n) is 4.35. The Balaban J connectivity index is 0.00000272. The summed E-state index contributed by atoms with van der Waals surface area (Å²) >= 11 is 7.84. The molecule has 3 rings (SSSR count). The molecule has 0 N–H and O–H groups in total.